The molecule has 16 heteroatoms. The maximum Gasteiger partial charge on any atom is 0.445 e. The van der Waals surface area contributed by atoms with E-state index in [1.807, 2.05) is 5.32 Å². The fourth-order valence-corrected chi connectivity index (χ4v) is 4.05. The van der Waals surface area contributed by atoms with Crippen LogP contribution in [0, 0.1) is 6.92 Å². The molecular formula is C13H10F5N5O4S2. The summed E-state index contributed by atoms with van der Waals surface area (Å²) in [5, 5.41) is 2.85. The quantitative estimate of drug-likeness (QED) is 0.659. The molecule has 0 unspecified atom stereocenters. The normalized spacial score (nSPS) is 12.9. The molecule has 0 aromatic carbocycles. The van der Waals surface area contributed by atoms with E-state index >= 15 is 0 Å². The number of aromatic nitrogens is 3. The predicted molar refractivity (Wildman–Crippen MR) is 90.0 cm³/mol. The number of sulfonamides is 1. The van der Waals surface area contributed by atoms with Crippen molar-refractivity contribution in [1.29, 1.82) is 0 Å². The molecule has 2 N–H and O–H groups in total. The van der Waals surface area contributed by atoms with Crippen LogP contribution in [0.5, 0.6) is 6.01 Å². The van der Waals surface area contributed by atoms with Crippen molar-refractivity contribution in [2.75, 3.05) is 12.4 Å². The van der Waals surface area contributed by atoms with Gasteiger partial charge in [0.05, 0.1) is 7.11 Å². The fourth-order valence-electron chi connectivity index (χ4n) is 1.81. The van der Waals surface area contributed by atoms with Gasteiger partial charge in [-0.1, -0.05) is 0 Å². The Bertz CT molecular complexity index is 1070. The lowest BCUT2D eigenvalue weighted by Crippen LogP contribution is -2.35. The van der Waals surface area contributed by atoms with E-state index in [2.05, 4.69) is 15.0 Å². The number of alkyl halides is 3. The summed E-state index contributed by atoms with van der Waals surface area (Å²) >= 11 is 0.270. The topological polar surface area (TPSA) is 123 Å². The maximum absolute atomic E-state index is 13.8. The lowest BCUT2D eigenvalue weighted by Gasteiger charge is -2.09. The molecule has 0 saturated heterocycles. The van der Waals surface area contributed by atoms with Crippen molar-refractivity contribution in [3.8, 4) is 6.01 Å². The number of carbonyl (C=O) groups is 1. The SMILES string of the molecule is COc1nc(C)nc(NC(=O)NS(=O)(=O)c2sccc2/C(F)=C(/F)C(F)(F)F)n1. The van der Waals surface area contributed by atoms with Crippen LogP contribution in [0.4, 0.5) is 32.7 Å². The Morgan fingerprint density at radius 3 is 2.45 bits per heavy atom. The molecule has 0 fully saturated rings. The summed E-state index contributed by atoms with van der Waals surface area (Å²) in [4.78, 5) is 23.0. The smallest absolute Gasteiger partial charge is 0.445 e. The number of hydrogen-bond donors (Lipinski definition) is 2. The van der Waals surface area contributed by atoms with Crippen LogP contribution in [-0.4, -0.2) is 42.7 Å². The molecular weight excluding hydrogens is 449 g/mol. The van der Waals surface area contributed by atoms with Crippen molar-refractivity contribution < 1.29 is 39.9 Å². The number of anilines is 1. The second-order valence-corrected chi connectivity index (χ2v) is 7.79. The molecule has 158 valence electrons. The highest BCUT2D eigenvalue weighted by molar-refractivity contribution is 7.92. The number of thiophene rings is 1. The molecule has 2 aromatic heterocycles. The van der Waals surface area contributed by atoms with E-state index in [1.54, 1.807) is 0 Å². The van der Waals surface area contributed by atoms with Gasteiger partial charge in [0.1, 0.15) is 5.82 Å². The van der Waals surface area contributed by atoms with E-state index in [0.29, 0.717) is 6.07 Å². The van der Waals surface area contributed by atoms with E-state index in [9.17, 15) is 35.2 Å². The number of ether oxygens (including phenoxy) is 1. The first-order valence-electron chi connectivity index (χ1n) is 7.16. The number of carbonyl (C=O) groups excluding carboxylic acids is 1. The minimum absolute atomic E-state index is 0.116. The largest absolute Gasteiger partial charge is 0.467 e. The van der Waals surface area contributed by atoms with Crippen LogP contribution in [0.2, 0.25) is 0 Å². The molecule has 0 atom stereocenters. The van der Waals surface area contributed by atoms with Gasteiger partial charge in [0.25, 0.3) is 10.0 Å². The van der Waals surface area contributed by atoms with Crippen LogP contribution >= 0.6 is 11.3 Å². The van der Waals surface area contributed by atoms with Gasteiger partial charge in [-0.2, -0.15) is 32.5 Å². The van der Waals surface area contributed by atoms with E-state index < -0.39 is 49.6 Å². The van der Waals surface area contributed by atoms with Gasteiger partial charge in [-0.15, -0.1) is 11.3 Å². The molecule has 0 aliphatic heterocycles. The van der Waals surface area contributed by atoms with E-state index in [-0.39, 0.29) is 23.2 Å². The summed E-state index contributed by atoms with van der Waals surface area (Å²) in [5.74, 6) is -5.82. The molecule has 2 aromatic rings. The van der Waals surface area contributed by atoms with E-state index in [0.717, 1.165) is 5.38 Å². The number of urea groups is 1. The van der Waals surface area contributed by atoms with Crippen LogP contribution in [0.15, 0.2) is 21.5 Å². The number of nitrogens with one attached hydrogen (secondary N) is 2. The Balaban J connectivity index is 2.28. The highest BCUT2D eigenvalue weighted by Gasteiger charge is 2.40. The maximum atomic E-state index is 13.8. The molecule has 9 nitrogen and oxygen atoms in total. The number of halogens is 5. The number of rotatable bonds is 5. The van der Waals surface area contributed by atoms with E-state index in [4.69, 9.17) is 4.74 Å². The molecule has 0 bridgehead atoms. The Hall–Kier alpha value is -2.88. The van der Waals surface area contributed by atoms with Crippen LogP contribution < -0.4 is 14.8 Å². The van der Waals surface area contributed by atoms with Gasteiger partial charge in [0.15, 0.2) is 10.0 Å². The number of methoxy groups -OCH3 is 1. The van der Waals surface area contributed by atoms with Gasteiger partial charge in [-0.3, -0.25) is 5.32 Å². The summed E-state index contributed by atoms with van der Waals surface area (Å²) in [5.41, 5.74) is -1.19. The van der Waals surface area contributed by atoms with Crippen LogP contribution in [0.3, 0.4) is 0 Å². The lowest BCUT2D eigenvalue weighted by molar-refractivity contribution is -0.108. The fraction of sp³-hybridized carbons (Fsp3) is 0.231. The van der Waals surface area contributed by atoms with Gasteiger partial charge >= 0.3 is 18.2 Å². The Labute approximate surface area is 163 Å². The minimum Gasteiger partial charge on any atom is -0.467 e. The van der Waals surface area contributed by atoms with Crippen molar-refractivity contribution in [3.63, 3.8) is 0 Å². The molecule has 0 spiro atoms. The highest BCUT2D eigenvalue weighted by Crippen LogP contribution is 2.38. The lowest BCUT2D eigenvalue weighted by atomic mass is 10.2. The second-order valence-electron chi connectivity index (χ2n) is 5.00. The van der Waals surface area contributed by atoms with Crippen LogP contribution in [0.1, 0.15) is 11.4 Å². The number of nitrogens with zero attached hydrogens (tertiary/aromatic N) is 3. The van der Waals surface area contributed by atoms with Crippen molar-refractivity contribution in [3.05, 3.63) is 28.7 Å². The average molecular weight is 459 g/mol. The summed E-state index contributed by atoms with van der Waals surface area (Å²) in [6, 6.07) is -0.985. The van der Waals surface area contributed by atoms with Gasteiger partial charge in [0, 0.05) is 5.56 Å². The van der Waals surface area contributed by atoms with Gasteiger partial charge in [-0.25, -0.2) is 22.3 Å². The molecule has 2 heterocycles. The summed E-state index contributed by atoms with van der Waals surface area (Å²) in [6.07, 6.45) is -5.66. The third-order valence-corrected chi connectivity index (χ3v) is 5.73. The zero-order chi connectivity index (χ0) is 22.0. The number of aryl methyl sites for hydroxylation is 1. The first kappa shape index (κ1) is 22.4. The molecule has 2 amide bonds. The molecule has 0 aliphatic carbocycles. The third-order valence-electron chi connectivity index (χ3n) is 2.91. The first-order chi connectivity index (χ1) is 13.3. The van der Waals surface area contributed by atoms with Crippen molar-refractivity contribution in [2.45, 2.75) is 17.3 Å². The summed E-state index contributed by atoms with van der Waals surface area (Å²) < 4.78 is 93.6. The van der Waals surface area contributed by atoms with Crippen molar-refractivity contribution in [2.24, 2.45) is 0 Å². The Morgan fingerprint density at radius 2 is 1.86 bits per heavy atom. The standard InChI is InChI=1S/C13H10F5N5O4S2/c1-5-19-10(22-12(20-5)27-2)21-11(24)23-29(25,26)9-6(3-4-28-9)7(14)8(15)13(16,17)18/h3-4H,1-2H3,(H2,19,20,21,22,23,24)/b8-7-. The Morgan fingerprint density at radius 1 is 1.21 bits per heavy atom. The zero-order valence-corrected chi connectivity index (χ0v) is 16.0. The predicted octanol–water partition coefficient (Wildman–Crippen LogP) is 2.93. The number of amides is 2. The zero-order valence-electron chi connectivity index (χ0n) is 14.3. The molecule has 0 aliphatic rings. The van der Waals surface area contributed by atoms with E-state index in [1.165, 1.54) is 18.8 Å². The van der Waals surface area contributed by atoms with Crippen LogP contribution in [-0.2, 0) is 10.0 Å². The van der Waals surface area contributed by atoms with Crippen molar-refractivity contribution in [1.82, 2.24) is 19.7 Å². The molecule has 0 radical (unpaired) electrons. The number of allylic oxidation sites excluding steroid dienone is 1. The van der Waals surface area contributed by atoms with Crippen molar-refractivity contribution >= 4 is 39.2 Å². The highest BCUT2D eigenvalue weighted by atomic mass is 32.2. The second kappa shape index (κ2) is 8.24. The van der Waals surface area contributed by atoms with Gasteiger partial charge in [0.2, 0.25) is 11.8 Å². The van der Waals surface area contributed by atoms with Gasteiger partial charge < -0.3 is 4.74 Å². The molecule has 29 heavy (non-hydrogen) atoms. The number of hydrogen-bond acceptors (Lipinski definition) is 8. The summed E-state index contributed by atoms with van der Waals surface area (Å²) in [7, 11) is -3.65. The third kappa shape index (κ3) is 5.35. The Kier molecular flexibility index (Phi) is 6.37. The summed E-state index contributed by atoms with van der Waals surface area (Å²) in [6.45, 7) is 1.42. The van der Waals surface area contributed by atoms with Gasteiger partial charge in [-0.05, 0) is 18.4 Å². The minimum atomic E-state index is -5.66. The monoisotopic (exact) mass is 459 g/mol. The average Bonchev–Trinajstić information content (AvgIpc) is 3.09. The molecule has 0 saturated carbocycles. The first-order valence-corrected chi connectivity index (χ1v) is 9.52. The van der Waals surface area contributed by atoms with Crippen LogP contribution in [0.25, 0.3) is 5.83 Å². The molecule has 2 rings (SSSR count).